The Morgan fingerprint density at radius 1 is 1.07 bits per heavy atom. The van der Waals surface area contributed by atoms with Crippen LogP contribution in [0.3, 0.4) is 0 Å². The Hall–Kier alpha value is 0. The van der Waals surface area contributed by atoms with Crippen molar-refractivity contribution in [3.05, 3.63) is 0 Å². The van der Waals surface area contributed by atoms with Crippen molar-refractivity contribution in [2.45, 2.75) is 72.6 Å². The van der Waals surface area contributed by atoms with Crippen LogP contribution in [-0.4, -0.2) is 0 Å². The van der Waals surface area contributed by atoms with Crippen molar-refractivity contribution in [1.29, 1.82) is 0 Å². The average molecular weight is 196 g/mol. The van der Waals surface area contributed by atoms with Gasteiger partial charge in [0.25, 0.3) is 0 Å². The summed E-state index contributed by atoms with van der Waals surface area (Å²) in [6, 6.07) is 0. The molecular weight excluding hydrogens is 168 g/mol. The van der Waals surface area contributed by atoms with Crippen molar-refractivity contribution in [2.24, 2.45) is 17.3 Å². The first-order valence-corrected chi connectivity index (χ1v) is 6.58. The van der Waals surface area contributed by atoms with Gasteiger partial charge in [-0.1, -0.05) is 53.4 Å². The molecule has 1 fully saturated rings. The maximum absolute atomic E-state index is 2.53. The Balaban J connectivity index is 2.44. The lowest BCUT2D eigenvalue weighted by Crippen LogP contribution is -2.29. The predicted molar refractivity (Wildman–Crippen MR) is 64.4 cm³/mol. The molecule has 0 aliphatic heterocycles. The Morgan fingerprint density at radius 2 is 1.64 bits per heavy atom. The summed E-state index contributed by atoms with van der Waals surface area (Å²) in [5.74, 6) is 1.85. The molecule has 1 rings (SSSR count). The Kier molecular flexibility index (Phi) is 4.47. The van der Waals surface area contributed by atoms with Gasteiger partial charge in [0.15, 0.2) is 0 Å². The van der Waals surface area contributed by atoms with Crippen LogP contribution in [0.1, 0.15) is 72.6 Å². The first-order chi connectivity index (χ1) is 6.58. The van der Waals surface area contributed by atoms with Gasteiger partial charge in [0, 0.05) is 0 Å². The van der Waals surface area contributed by atoms with Crippen LogP contribution < -0.4 is 0 Å². The maximum Gasteiger partial charge on any atom is -0.0300 e. The van der Waals surface area contributed by atoms with Gasteiger partial charge in [-0.05, 0) is 36.5 Å². The molecule has 2 unspecified atom stereocenters. The van der Waals surface area contributed by atoms with E-state index in [1.807, 2.05) is 0 Å². The second-order valence-electron chi connectivity index (χ2n) is 5.86. The normalized spacial score (nSPS) is 25.7. The van der Waals surface area contributed by atoms with Crippen LogP contribution in [0.15, 0.2) is 0 Å². The second kappa shape index (κ2) is 5.19. The zero-order valence-electron chi connectivity index (χ0n) is 10.6. The van der Waals surface area contributed by atoms with Crippen molar-refractivity contribution < 1.29 is 0 Å². The van der Waals surface area contributed by atoms with E-state index in [9.17, 15) is 0 Å². The Bertz CT molecular complexity index is 153. The molecule has 0 aromatic rings. The molecule has 84 valence electrons. The zero-order chi connectivity index (χ0) is 10.6. The van der Waals surface area contributed by atoms with Gasteiger partial charge in [0.1, 0.15) is 0 Å². The van der Waals surface area contributed by atoms with E-state index >= 15 is 0 Å². The third-order valence-corrected chi connectivity index (χ3v) is 4.64. The van der Waals surface area contributed by atoms with Gasteiger partial charge in [-0.15, -0.1) is 0 Å². The summed E-state index contributed by atoms with van der Waals surface area (Å²) in [6.07, 6.45) is 10.2. The van der Waals surface area contributed by atoms with Crippen molar-refractivity contribution in [1.82, 2.24) is 0 Å². The highest BCUT2D eigenvalue weighted by atomic mass is 14.4. The van der Waals surface area contributed by atoms with Gasteiger partial charge < -0.3 is 0 Å². The van der Waals surface area contributed by atoms with E-state index in [4.69, 9.17) is 0 Å². The first kappa shape index (κ1) is 12.1. The highest BCUT2D eigenvalue weighted by Crippen LogP contribution is 2.44. The molecule has 0 nitrogen and oxygen atoms in total. The number of hydrogen-bond acceptors (Lipinski definition) is 0. The van der Waals surface area contributed by atoms with E-state index in [1.165, 1.54) is 44.9 Å². The van der Waals surface area contributed by atoms with E-state index < -0.39 is 0 Å². The van der Waals surface area contributed by atoms with Crippen molar-refractivity contribution >= 4 is 0 Å². The number of rotatable bonds is 4. The maximum atomic E-state index is 2.53. The molecule has 0 radical (unpaired) electrons. The Morgan fingerprint density at radius 3 is 2.14 bits per heavy atom. The molecule has 0 aromatic carbocycles. The summed E-state index contributed by atoms with van der Waals surface area (Å²) >= 11 is 0. The average Bonchev–Trinajstić information content (AvgIpc) is 2.18. The van der Waals surface area contributed by atoms with Crippen LogP contribution in [0.4, 0.5) is 0 Å². The molecule has 0 aromatic heterocycles. The lowest BCUT2D eigenvalue weighted by molar-refractivity contribution is 0.111. The van der Waals surface area contributed by atoms with E-state index in [1.54, 1.807) is 0 Å². The molecule has 0 N–H and O–H groups in total. The molecule has 0 saturated heterocycles. The standard InChI is InChI=1S/C14H28/c1-5-12(2)11-13(3)14(4)9-7-6-8-10-14/h12-13H,5-11H2,1-4H3. The minimum absolute atomic E-state index is 0.668. The monoisotopic (exact) mass is 196 g/mol. The van der Waals surface area contributed by atoms with Gasteiger partial charge in [-0.3, -0.25) is 0 Å². The fraction of sp³-hybridized carbons (Fsp3) is 1.00. The lowest BCUT2D eigenvalue weighted by Gasteiger charge is -2.40. The van der Waals surface area contributed by atoms with Gasteiger partial charge in [0.2, 0.25) is 0 Å². The largest absolute Gasteiger partial charge is 0.0651 e. The van der Waals surface area contributed by atoms with Crippen LogP contribution in [-0.2, 0) is 0 Å². The van der Waals surface area contributed by atoms with Crippen molar-refractivity contribution in [3.63, 3.8) is 0 Å². The quantitative estimate of drug-likeness (QED) is 0.591. The molecule has 0 amide bonds. The zero-order valence-corrected chi connectivity index (χ0v) is 10.6. The third-order valence-electron chi connectivity index (χ3n) is 4.64. The van der Waals surface area contributed by atoms with Crippen LogP contribution in [0.25, 0.3) is 0 Å². The van der Waals surface area contributed by atoms with E-state index in [0.29, 0.717) is 5.41 Å². The van der Waals surface area contributed by atoms with E-state index in [-0.39, 0.29) is 0 Å². The van der Waals surface area contributed by atoms with E-state index in [0.717, 1.165) is 11.8 Å². The Labute approximate surface area is 90.5 Å². The van der Waals surface area contributed by atoms with Crippen LogP contribution in [0.2, 0.25) is 0 Å². The summed E-state index contributed by atoms with van der Waals surface area (Å²) < 4.78 is 0. The lowest BCUT2D eigenvalue weighted by atomic mass is 9.65. The van der Waals surface area contributed by atoms with Gasteiger partial charge in [-0.2, -0.15) is 0 Å². The minimum atomic E-state index is 0.668. The number of hydrogen-bond donors (Lipinski definition) is 0. The molecule has 1 saturated carbocycles. The van der Waals surface area contributed by atoms with E-state index in [2.05, 4.69) is 27.7 Å². The summed E-state index contributed by atoms with van der Waals surface area (Å²) in [5.41, 5.74) is 0.668. The smallest absolute Gasteiger partial charge is 0.0300 e. The van der Waals surface area contributed by atoms with Crippen LogP contribution >= 0.6 is 0 Å². The molecule has 0 heterocycles. The van der Waals surface area contributed by atoms with Gasteiger partial charge in [0.05, 0.1) is 0 Å². The van der Waals surface area contributed by atoms with Crippen molar-refractivity contribution in [2.75, 3.05) is 0 Å². The molecule has 14 heavy (non-hydrogen) atoms. The molecule has 2 atom stereocenters. The SMILES string of the molecule is CCC(C)CC(C)C1(C)CCCCC1. The topological polar surface area (TPSA) is 0 Å². The molecule has 0 bridgehead atoms. The molecule has 0 spiro atoms. The van der Waals surface area contributed by atoms with Crippen LogP contribution in [0.5, 0.6) is 0 Å². The van der Waals surface area contributed by atoms with Crippen molar-refractivity contribution in [3.8, 4) is 0 Å². The molecule has 1 aliphatic rings. The summed E-state index contributed by atoms with van der Waals surface area (Å²) in [6.45, 7) is 9.74. The summed E-state index contributed by atoms with van der Waals surface area (Å²) in [4.78, 5) is 0. The highest BCUT2D eigenvalue weighted by Gasteiger charge is 2.32. The molecular formula is C14H28. The molecule has 0 heteroatoms. The highest BCUT2D eigenvalue weighted by molar-refractivity contribution is 4.83. The third kappa shape index (κ3) is 3.00. The molecule has 1 aliphatic carbocycles. The first-order valence-electron chi connectivity index (χ1n) is 6.58. The van der Waals surface area contributed by atoms with Crippen LogP contribution in [0, 0.1) is 17.3 Å². The minimum Gasteiger partial charge on any atom is -0.0651 e. The van der Waals surface area contributed by atoms with Gasteiger partial charge in [-0.25, -0.2) is 0 Å². The fourth-order valence-corrected chi connectivity index (χ4v) is 2.91. The summed E-state index contributed by atoms with van der Waals surface area (Å²) in [5, 5.41) is 0. The van der Waals surface area contributed by atoms with Gasteiger partial charge >= 0.3 is 0 Å². The second-order valence-corrected chi connectivity index (χ2v) is 5.86. The summed E-state index contributed by atoms with van der Waals surface area (Å²) in [7, 11) is 0. The fourth-order valence-electron chi connectivity index (χ4n) is 2.91. The predicted octanol–water partition coefficient (Wildman–Crippen LogP) is 5.03.